The molecule has 0 aliphatic heterocycles. The number of tetrazole rings is 1. The van der Waals surface area contributed by atoms with Crippen molar-refractivity contribution in [3.8, 4) is 11.4 Å². The third-order valence-electron chi connectivity index (χ3n) is 3.38. The minimum Gasteiger partial charge on any atom is -0.508 e. The zero-order valence-corrected chi connectivity index (χ0v) is 15.0. The summed E-state index contributed by atoms with van der Waals surface area (Å²) in [7, 11) is 0. The maximum absolute atomic E-state index is 13.1. The van der Waals surface area contributed by atoms with Gasteiger partial charge in [-0.1, -0.05) is 23.4 Å². The molecule has 0 unspecified atom stereocenters. The van der Waals surface area contributed by atoms with Gasteiger partial charge < -0.3 is 10.4 Å². The van der Waals surface area contributed by atoms with Gasteiger partial charge in [0.15, 0.2) is 0 Å². The fourth-order valence-electron chi connectivity index (χ4n) is 2.05. The largest absolute Gasteiger partial charge is 0.508 e. The zero-order valence-electron chi connectivity index (χ0n) is 13.4. The van der Waals surface area contributed by atoms with E-state index in [0.717, 1.165) is 17.8 Å². The van der Waals surface area contributed by atoms with Crippen molar-refractivity contribution in [1.82, 2.24) is 20.2 Å². The summed E-state index contributed by atoms with van der Waals surface area (Å²) in [5.41, 5.74) is 0.966. The van der Waals surface area contributed by atoms with Gasteiger partial charge in [0.1, 0.15) is 11.6 Å². The Balaban J connectivity index is 1.72. The second kappa shape index (κ2) is 7.71. The average Bonchev–Trinajstić information content (AvgIpc) is 3.06. The Labute approximate surface area is 157 Å². The van der Waals surface area contributed by atoms with Crippen molar-refractivity contribution < 1.29 is 14.3 Å². The van der Waals surface area contributed by atoms with E-state index in [0.29, 0.717) is 16.5 Å². The maximum atomic E-state index is 13.1. The van der Waals surface area contributed by atoms with E-state index in [1.807, 2.05) is 0 Å². The van der Waals surface area contributed by atoms with E-state index in [2.05, 4.69) is 20.8 Å². The number of hydrogen-bond donors (Lipinski definition) is 2. The van der Waals surface area contributed by atoms with E-state index in [1.165, 1.54) is 28.9 Å². The van der Waals surface area contributed by atoms with E-state index in [-0.39, 0.29) is 16.7 Å². The summed E-state index contributed by atoms with van der Waals surface area (Å²) in [6.45, 7) is 1.69. The van der Waals surface area contributed by atoms with Crippen LogP contribution in [0.25, 0.3) is 5.69 Å². The van der Waals surface area contributed by atoms with E-state index < -0.39 is 11.1 Å². The number of anilines is 1. The van der Waals surface area contributed by atoms with Crippen LogP contribution in [0.3, 0.4) is 0 Å². The number of phenols is 1. The van der Waals surface area contributed by atoms with Crippen LogP contribution in [0, 0.1) is 5.82 Å². The van der Waals surface area contributed by atoms with Gasteiger partial charge in [-0.2, -0.15) is 4.68 Å². The fraction of sp³-hybridized carbons (Fsp3) is 0.125. The summed E-state index contributed by atoms with van der Waals surface area (Å²) in [5, 5.41) is 23.4. The smallest absolute Gasteiger partial charge is 0.237 e. The molecule has 134 valence electrons. The van der Waals surface area contributed by atoms with Crippen LogP contribution in [-0.2, 0) is 4.79 Å². The first-order valence-corrected chi connectivity index (χ1v) is 8.70. The van der Waals surface area contributed by atoms with Gasteiger partial charge >= 0.3 is 0 Å². The topological polar surface area (TPSA) is 92.9 Å². The third kappa shape index (κ3) is 4.12. The van der Waals surface area contributed by atoms with Crippen molar-refractivity contribution in [2.75, 3.05) is 5.32 Å². The Morgan fingerprint density at radius 3 is 2.73 bits per heavy atom. The SMILES string of the molecule is C[C@@H](Sc1nnnn1-c1ccc(O)cc1)C(=O)Nc1ccc(F)cc1Cl. The number of thioether (sulfide) groups is 1. The maximum Gasteiger partial charge on any atom is 0.237 e. The predicted octanol–water partition coefficient (Wildman–Crippen LogP) is 3.28. The predicted molar refractivity (Wildman–Crippen MR) is 96.2 cm³/mol. The quantitative estimate of drug-likeness (QED) is 0.646. The molecule has 0 spiro atoms. The summed E-state index contributed by atoms with van der Waals surface area (Å²) in [6.07, 6.45) is 0. The molecule has 0 aliphatic carbocycles. The molecule has 0 bridgehead atoms. The van der Waals surface area contributed by atoms with Gasteiger partial charge in [-0.05, 0) is 59.8 Å². The van der Waals surface area contributed by atoms with E-state index >= 15 is 0 Å². The summed E-state index contributed by atoms with van der Waals surface area (Å²) in [5.74, 6) is -0.688. The van der Waals surface area contributed by atoms with E-state index in [1.54, 1.807) is 19.1 Å². The number of aromatic hydroxyl groups is 1. The monoisotopic (exact) mass is 393 g/mol. The first kappa shape index (κ1) is 18.2. The molecule has 1 aromatic heterocycles. The van der Waals surface area contributed by atoms with Crippen LogP contribution >= 0.6 is 23.4 Å². The minimum absolute atomic E-state index is 0.115. The fourth-order valence-corrected chi connectivity index (χ4v) is 3.07. The zero-order chi connectivity index (χ0) is 18.7. The highest BCUT2D eigenvalue weighted by molar-refractivity contribution is 8.00. The number of carbonyl (C=O) groups excluding carboxylic acids is 1. The lowest BCUT2D eigenvalue weighted by Crippen LogP contribution is -2.23. The Kier molecular flexibility index (Phi) is 5.38. The molecular formula is C16H13ClFN5O2S. The van der Waals surface area contributed by atoms with Crippen molar-refractivity contribution in [3.05, 3.63) is 53.3 Å². The summed E-state index contributed by atoms with van der Waals surface area (Å²) >= 11 is 7.07. The van der Waals surface area contributed by atoms with Crippen molar-refractivity contribution in [2.45, 2.75) is 17.3 Å². The van der Waals surface area contributed by atoms with E-state index in [9.17, 15) is 14.3 Å². The Morgan fingerprint density at radius 2 is 2.04 bits per heavy atom. The molecule has 0 radical (unpaired) electrons. The number of carbonyl (C=O) groups is 1. The molecule has 1 amide bonds. The molecule has 26 heavy (non-hydrogen) atoms. The minimum atomic E-state index is -0.544. The lowest BCUT2D eigenvalue weighted by atomic mass is 10.3. The number of nitrogens with zero attached hydrogens (tertiary/aromatic N) is 4. The summed E-state index contributed by atoms with van der Waals surface area (Å²) < 4.78 is 14.5. The van der Waals surface area contributed by atoms with Crippen molar-refractivity contribution in [1.29, 1.82) is 0 Å². The molecule has 2 N–H and O–H groups in total. The van der Waals surface area contributed by atoms with Gasteiger partial charge in [-0.3, -0.25) is 4.79 Å². The number of phenolic OH excluding ortho intramolecular Hbond substituents is 1. The Hall–Kier alpha value is -2.65. The summed E-state index contributed by atoms with van der Waals surface area (Å²) in [6, 6.07) is 10.1. The number of benzene rings is 2. The van der Waals surface area contributed by atoms with Crippen LogP contribution < -0.4 is 5.32 Å². The molecule has 3 rings (SSSR count). The molecule has 3 aromatic rings. The molecule has 0 fully saturated rings. The number of hydrogen-bond acceptors (Lipinski definition) is 6. The first-order chi connectivity index (χ1) is 12.4. The van der Waals surface area contributed by atoms with Crippen molar-refractivity contribution in [2.24, 2.45) is 0 Å². The normalized spacial score (nSPS) is 12.0. The van der Waals surface area contributed by atoms with Crippen molar-refractivity contribution >= 4 is 35.0 Å². The van der Waals surface area contributed by atoms with Gasteiger partial charge in [0.05, 0.1) is 21.6 Å². The molecule has 10 heteroatoms. The van der Waals surface area contributed by atoms with E-state index in [4.69, 9.17) is 11.6 Å². The number of nitrogens with one attached hydrogen (secondary N) is 1. The van der Waals surface area contributed by atoms with Gasteiger partial charge in [-0.15, -0.1) is 5.10 Å². The molecule has 2 aromatic carbocycles. The van der Waals surface area contributed by atoms with Gasteiger partial charge in [0.25, 0.3) is 0 Å². The second-order valence-corrected chi connectivity index (χ2v) is 6.98. The first-order valence-electron chi connectivity index (χ1n) is 7.44. The van der Waals surface area contributed by atoms with Crippen LogP contribution in [0.1, 0.15) is 6.92 Å². The molecule has 1 heterocycles. The highest BCUT2D eigenvalue weighted by atomic mass is 35.5. The second-order valence-electron chi connectivity index (χ2n) is 5.26. The van der Waals surface area contributed by atoms with Crippen molar-refractivity contribution in [3.63, 3.8) is 0 Å². The average molecular weight is 394 g/mol. The van der Waals surface area contributed by atoms with Gasteiger partial charge in [0.2, 0.25) is 11.1 Å². The highest BCUT2D eigenvalue weighted by Gasteiger charge is 2.20. The van der Waals surface area contributed by atoms with Crippen LogP contribution in [0.4, 0.5) is 10.1 Å². The summed E-state index contributed by atoms with van der Waals surface area (Å²) in [4.78, 5) is 12.4. The molecule has 0 saturated carbocycles. The molecular weight excluding hydrogens is 381 g/mol. The molecule has 0 aliphatic rings. The number of aromatic nitrogens is 4. The number of halogens is 2. The van der Waals surface area contributed by atoms with Crippen LogP contribution in [-0.4, -0.2) is 36.5 Å². The van der Waals surface area contributed by atoms with Crippen LogP contribution in [0.2, 0.25) is 5.02 Å². The number of rotatable bonds is 5. The number of amides is 1. The third-order valence-corrected chi connectivity index (χ3v) is 4.72. The lowest BCUT2D eigenvalue weighted by Gasteiger charge is -2.12. The molecule has 7 nitrogen and oxygen atoms in total. The Morgan fingerprint density at radius 1 is 1.31 bits per heavy atom. The molecule has 1 atom stereocenters. The van der Waals surface area contributed by atoms with Gasteiger partial charge in [-0.25, -0.2) is 4.39 Å². The van der Waals surface area contributed by atoms with Gasteiger partial charge in [0, 0.05) is 0 Å². The van der Waals surface area contributed by atoms with Crippen LogP contribution in [0.15, 0.2) is 47.6 Å². The Bertz CT molecular complexity index is 935. The lowest BCUT2D eigenvalue weighted by molar-refractivity contribution is -0.115. The molecule has 0 saturated heterocycles. The standard InChI is InChI=1S/C16H13ClFN5O2S/c1-9(15(25)19-14-7-2-10(18)8-13(14)17)26-16-20-21-22-23(16)11-3-5-12(24)6-4-11/h2-9,24H,1H3,(H,19,25)/t9-/m1/s1. The highest BCUT2D eigenvalue weighted by Crippen LogP contribution is 2.27. The van der Waals surface area contributed by atoms with Crippen LogP contribution in [0.5, 0.6) is 5.75 Å².